The lowest BCUT2D eigenvalue weighted by atomic mass is 10.1. The molecular weight excluding hydrogens is 214 g/mol. The highest BCUT2D eigenvalue weighted by molar-refractivity contribution is 4.67. The number of nitrogens with one attached hydrogen (secondary N) is 1. The van der Waals surface area contributed by atoms with Crippen LogP contribution in [-0.4, -0.2) is 37.0 Å². The van der Waals surface area contributed by atoms with Gasteiger partial charge >= 0.3 is 0 Å². The third-order valence-electron chi connectivity index (χ3n) is 3.13. The van der Waals surface area contributed by atoms with Gasteiger partial charge in [0, 0.05) is 19.2 Å². The molecule has 0 heterocycles. The first kappa shape index (κ1) is 16.9. The Labute approximate surface area is 107 Å². The van der Waals surface area contributed by atoms with Gasteiger partial charge in [0.25, 0.3) is 0 Å². The minimum atomic E-state index is -0.387. The summed E-state index contributed by atoms with van der Waals surface area (Å²) < 4.78 is 5.44. The Morgan fingerprint density at radius 3 is 2.41 bits per heavy atom. The fraction of sp³-hybridized carbons (Fsp3) is 1.00. The van der Waals surface area contributed by atoms with E-state index in [0.29, 0.717) is 25.1 Å². The number of hydrogen-bond acceptors (Lipinski definition) is 3. The smallest absolute Gasteiger partial charge is 0.0897 e. The zero-order chi connectivity index (χ0) is 13.1. The molecule has 0 spiro atoms. The quantitative estimate of drug-likeness (QED) is 0.550. The molecule has 0 aromatic heterocycles. The molecule has 0 rings (SSSR count). The molecule has 0 aliphatic carbocycles. The maximum absolute atomic E-state index is 9.70. The van der Waals surface area contributed by atoms with Crippen LogP contribution < -0.4 is 5.32 Å². The number of aliphatic hydroxyl groups is 1. The molecule has 0 saturated carbocycles. The molecule has 0 aromatic carbocycles. The standard InChI is InChI=1S/C14H31NO2/c1-5-6-7-8-9-17-11-14(16)10-15-13(4)12(2)3/h12-16H,5-11H2,1-4H3. The van der Waals surface area contributed by atoms with Gasteiger partial charge in [0.1, 0.15) is 0 Å². The van der Waals surface area contributed by atoms with Crippen LogP contribution in [0, 0.1) is 5.92 Å². The Hall–Kier alpha value is -0.120. The lowest BCUT2D eigenvalue weighted by molar-refractivity contribution is 0.0337. The van der Waals surface area contributed by atoms with E-state index in [1.807, 2.05) is 0 Å². The molecule has 0 aromatic rings. The van der Waals surface area contributed by atoms with Gasteiger partial charge in [-0.15, -0.1) is 0 Å². The van der Waals surface area contributed by atoms with Crippen LogP contribution in [0.5, 0.6) is 0 Å². The SMILES string of the molecule is CCCCCCOCC(O)CNC(C)C(C)C. The van der Waals surface area contributed by atoms with Crippen molar-refractivity contribution in [3.8, 4) is 0 Å². The average molecular weight is 245 g/mol. The van der Waals surface area contributed by atoms with Crippen LogP contribution in [0.15, 0.2) is 0 Å². The molecule has 3 heteroatoms. The second-order valence-electron chi connectivity index (χ2n) is 5.23. The molecule has 2 N–H and O–H groups in total. The predicted octanol–water partition coefficient (Wildman–Crippen LogP) is 2.58. The van der Waals surface area contributed by atoms with Gasteiger partial charge in [-0.2, -0.15) is 0 Å². The van der Waals surface area contributed by atoms with E-state index >= 15 is 0 Å². The molecule has 104 valence electrons. The van der Waals surface area contributed by atoms with Gasteiger partial charge in [0.15, 0.2) is 0 Å². The molecule has 0 radical (unpaired) electrons. The molecule has 0 aliphatic heterocycles. The predicted molar refractivity (Wildman–Crippen MR) is 73.3 cm³/mol. The zero-order valence-electron chi connectivity index (χ0n) is 12.0. The van der Waals surface area contributed by atoms with Crippen LogP contribution in [0.25, 0.3) is 0 Å². The lowest BCUT2D eigenvalue weighted by Gasteiger charge is -2.20. The summed E-state index contributed by atoms with van der Waals surface area (Å²) in [6, 6.07) is 0.439. The van der Waals surface area contributed by atoms with E-state index < -0.39 is 0 Å². The molecule has 0 aliphatic rings. The van der Waals surface area contributed by atoms with Gasteiger partial charge in [-0.1, -0.05) is 40.0 Å². The van der Waals surface area contributed by atoms with Crippen molar-refractivity contribution >= 4 is 0 Å². The summed E-state index contributed by atoms with van der Waals surface area (Å²) in [5, 5.41) is 13.0. The van der Waals surface area contributed by atoms with E-state index in [-0.39, 0.29) is 6.10 Å². The summed E-state index contributed by atoms with van der Waals surface area (Å²) in [6.45, 7) is 10.5. The van der Waals surface area contributed by atoms with E-state index in [9.17, 15) is 5.11 Å². The van der Waals surface area contributed by atoms with Gasteiger partial charge < -0.3 is 15.2 Å². The van der Waals surface area contributed by atoms with Gasteiger partial charge in [-0.05, 0) is 19.3 Å². The van der Waals surface area contributed by atoms with Crippen molar-refractivity contribution in [1.82, 2.24) is 5.32 Å². The number of aliphatic hydroxyl groups excluding tert-OH is 1. The highest BCUT2D eigenvalue weighted by Crippen LogP contribution is 2.01. The number of rotatable bonds is 11. The molecule has 0 amide bonds. The van der Waals surface area contributed by atoms with Crippen molar-refractivity contribution in [3.63, 3.8) is 0 Å². The van der Waals surface area contributed by atoms with E-state index in [4.69, 9.17) is 4.74 Å². The second kappa shape index (κ2) is 11.0. The lowest BCUT2D eigenvalue weighted by Crippen LogP contribution is -2.38. The summed E-state index contributed by atoms with van der Waals surface area (Å²) in [7, 11) is 0. The van der Waals surface area contributed by atoms with Crippen molar-refractivity contribution in [3.05, 3.63) is 0 Å². The van der Waals surface area contributed by atoms with Crippen LogP contribution in [0.3, 0.4) is 0 Å². The Bertz CT molecular complexity index is 162. The van der Waals surface area contributed by atoms with Crippen molar-refractivity contribution in [1.29, 1.82) is 0 Å². The monoisotopic (exact) mass is 245 g/mol. The zero-order valence-corrected chi connectivity index (χ0v) is 12.0. The van der Waals surface area contributed by atoms with E-state index in [0.717, 1.165) is 13.0 Å². The summed E-state index contributed by atoms with van der Waals surface area (Å²) >= 11 is 0. The third-order valence-corrected chi connectivity index (χ3v) is 3.13. The van der Waals surface area contributed by atoms with E-state index in [1.165, 1.54) is 19.3 Å². The third kappa shape index (κ3) is 10.7. The Morgan fingerprint density at radius 2 is 1.82 bits per heavy atom. The van der Waals surface area contributed by atoms with Crippen molar-refractivity contribution in [2.75, 3.05) is 19.8 Å². The minimum absolute atomic E-state index is 0.387. The van der Waals surface area contributed by atoms with Crippen molar-refractivity contribution in [2.24, 2.45) is 5.92 Å². The first-order valence-electron chi connectivity index (χ1n) is 7.07. The maximum atomic E-state index is 9.70. The second-order valence-corrected chi connectivity index (χ2v) is 5.23. The fourth-order valence-electron chi connectivity index (χ4n) is 1.47. The summed E-state index contributed by atoms with van der Waals surface area (Å²) in [4.78, 5) is 0. The summed E-state index contributed by atoms with van der Waals surface area (Å²) in [6.07, 6.45) is 4.48. The topological polar surface area (TPSA) is 41.5 Å². The highest BCUT2D eigenvalue weighted by Gasteiger charge is 2.09. The average Bonchev–Trinajstić information content (AvgIpc) is 2.30. The van der Waals surface area contributed by atoms with E-state index in [1.54, 1.807) is 0 Å². The van der Waals surface area contributed by atoms with Crippen LogP contribution in [0.4, 0.5) is 0 Å². The molecule has 0 saturated heterocycles. The molecule has 17 heavy (non-hydrogen) atoms. The molecule has 0 bridgehead atoms. The van der Waals surface area contributed by atoms with E-state index in [2.05, 4.69) is 33.0 Å². The maximum Gasteiger partial charge on any atom is 0.0897 e. The fourth-order valence-corrected chi connectivity index (χ4v) is 1.47. The number of unbranched alkanes of at least 4 members (excludes halogenated alkanes) is 3. The van der Waals surface area contributed by atoms with Crippen molar-refractivity contribution < 1.29 is 9.84 Å². The summed E-state index contributed by atoms with van der Waals surface area (Å²) in [5.41, 5.74) is 0. The van der Waals surface area contributed by atoms with Gasteiger partial charge in [0.2, 0.25) is 0 Å². The van der Waals surface area contributed by atoms with Gasteiger partial charge in [0.05, 0.1) is 12.7 Å². The molecular formula is C14H31NO2. The molecule has 3 nitrogen and oxygen atoms in total. The number of hydrogen-bond donors (Lipinski definition) is 2. The molecule has 2 atom stereocenters. The van der Waals surface area contributed by atoms with Crippen LogP contribution in [-0.2, 0) is 4.74 Å². The molecule has 0 fully saturated rings. The Kier molecular flexibility index (Phi) is 10.9. The minimum Gasteiger partial charge on any atom is -0.389 e. The Balaban J connectivity index is 3.31. The Morgan fingerprint density at radius 1 is 1.12 bits per heavy atom. The first-order chi connectivity index (χ1) is 8.07. The normalized spacial score (nSPS) is 15.2. The van der Waals surface area contributed by atoms with Crippen LogP contribution in [0.2, 0.25) is 0 Å². The number of ether oxygens (including phenoxy) is 1. The largest absolute Gasteiger partial charge is 0.389 e. The first-order valence-corrected chi connectivity index (χ1v) is 7.07. The molecule has 2 unspecified atom stereocenters. The van der Waals surface area contributed by atoms with Crippen LogP contribution in [0.1, 0.15) is 53.4 Å². The van der Waals surface area contributed by atoms with Crippen LogP contribution >= 0.6 is 0 Å². The van der Waals surface area contributed by atoms with Gasteiger partial charge in [-0.3, -0.25) is 0 Å². The van der Waals surface area contributed by atoms with Gasteiger partial charge in [-0.25, -0.2) is 0 Å². The highest BCUT2D eigenvalue weighted by atomic mass is 16.5. The van der Waals surface area contributed by atoms with Crippen molar-refractivity contribution in [2.45, 2.75) is 65.5 Å². The summed E-state index contributed by atoms with van der Waals surface area (Å²) in [5.74, 6) is 0.595.